The molecule has 0 saturated carbocycles. The molecule has 0 bridgehead atoms. The van der Waals surface area contributed by atoms with Gasteiger partial charge in [0, 0.05) is 24.2 Å². The van der Waals surface area contributed by atoms with Gasteiger partial charge in [-0.25, -0.2) is 0 Å². The van der Waals surface area contributed by atoms with Crippen LogP contribution >= 0.6 is 15.9 Å². The number of likely N-dealkylation sites (N-methyl/N-ethyl adjacent to an activating group) is 1. The molecular weight excluding hydrogens is 318 g/mol. The SMILES string of the molecule is CCNCC(OCC1CCOCC1)c1ccccc1Br. The van der Waals surface area contributed by atoms with Crippen molar-refractivity contribution in [1.29, 1.82) is 0 Å². The third-order valence-electron chi connectivity index (χ3n) is 3.71. The van der Waals surface area contributed by atoms with E-state index in [9.17, 15) is 0 Å². The smallest absolute Gasteiger partial charge is 0.0960 e. The van der Waals surface area contributed by atoms with Crippen LogP contribution in [0.4, 0.5) is 0 Å². The maximum absolute atomic E-state index is 6.20. The molecular formula is C16H24BrNO2. The second-order valence-electron chi connectivity index (χ2n) is 5.21. The minimum Gasteiger partial charge on any atom is -0.381 e. The van der Waals surface area contributed by atoms with Crippen LogP contribution in [0.1, 0.15) is 31.4 Å². The van der Waals surface area contributed by atoms with Gasteiger partial charge >= 0.3 is 0 Å². The molecule has 0 amide bonds. The van der Waals surface area contributed by atoms with E-state index in [1.54, 1.807) is 0 Å². The zero-order valence-corrected chi connectivity index (χ0v) is 13.7. The molecule has 1 aliphatic heterocycles. The Morgan fingerprint density at radius 3 is 2.80 bits per heavy atom. The van der Waals surface area contributed by atoms with E-state index in [0.717, 1.165) is 50.2 Å². The van der Waals surface area contributed by atoms with Crippen molar-refractivity contribution in [3.05, 3.63) is 34.3 Å². The number of hydrogen-bond donors (Lipinski definition) is 1. The van der Waals surface area contributed by atoms with Crippen molar-refractivity contribution in [3.63, 3.8) is 0 Å². The molecule has 1 heterocycles. The Kier molecular flexibility index (Phi) is 7.00. The van der Waals surface area contributed by atoms with Crippen LogP contribution in [-0.4, -0.2) is 32.9 Å². The number of halogens is 1. The summed E-state index contributed by atoms with van der Waals surface area (Å²) >= 11 is 3.63. The third kappa shape index (κ3) is 4.85. The Hall–Kier alpha value is -0.420. The molecule has 1 saturated heterocycles. The molecule has 4 heteroatoms. The average Bonchev–Trinajstić information content (AvgIpc) is 2.49. The number of nitrogens with one attached hydrogen (secondary N) is 1. The van der Waals surface area contributed by atoms with Gasteiger partial charge in [0.05, 0.1) is 12.7 Å². The van der Waals surface area contributed by atoms with Crippen molar-refractivity contribution < 1.29 is 9.47 Å². The maximum atomic E-state index is 6.20. The van der Waals surface area contributed by atoms with Gasteiger partial charge in [0.25, 0.3) is 0 Å². The van der Waals surface area contributed by atoms with Crippen LogP contribution in [0.5, 0.6) is 0 Å². The highest BCUT2D eigenvalue weighted by atomic mass is 79.9. The summed E-state index contributed by atoms with van der Waals surface area (Å²) in [5.74, 6) is 0.635. The van der Waals surface area contributed by atoms with Crippen LogP contribution < -0.4 is 5.32 Å². The highest BCUT2D eigenvalue weighted by Crippen LogP contribution is 2.27. The summed E-state index contributed by atoms with van der Waals surface area (Å²) in [5.41, 5.74) is 1.22. The van der Waals surface area contributed by atoms with Crippen LogP contribution in [0.15, 0.2) is 28.7 Å². The predicted molar refractivity (Wildman–Crippen MR) is 84.9 cm³/mol. The van der Waals surface area contributed by atoms with Crippen molar-refractivity contribution in [2.75, 3.05) is 32.9 Å². The van der Waals surface area contributed by atoms with E-state index in [4.69, 9.17) is 9.47 Å². The third-order valence-corrected chi connectivity index (χ3v) is 4.43. The lowest BCUT2D eigenvalue weighted by Crippen LogP contribution is -2.27. The van der Waals surface area contributed by atoms with Gasteiger partial charge in [-0.15, -0.1) is 0 Å². The molecule has 0 radical (unpaired) electrons. The molecule has 0 aliphatic carbocycles. The lowest BCUT2D eigenvalue weighted by molar-refractivity contribution is -0.0114. The maximum Gasteiger partial charge on any atom is 0.0960 e. The van der Waals surface area contributed by atoms with E-state index in [0.29, 0.717) is 5.92 Å². The van der Waals surface area contributed by atoms with E-state index in [1.807, 2.05) is 6.07 Å². The molecule has 112 valence electrons. The van der Waals surface area contributed by atoms with Crippen LogP contribution in [-0.2, 0) is 9.47 Å². The van der Waals surface area contributed by atoms with Crippen molar-refractivity contribution in [3.8, 4) is 0 Å². The van der Waals surface area contributed by atoms with Crippen LogP contribution in [0.2, 0.25) is 0 Å². The summed E-state index contributed by atoms with van der Waals surface area (Å²) < 4.78 is 12.7. The van der Waals surface area contributed by atoms with Crippen molar-refractivity contribution in [2.24, 2.45) is 5.92 Å². The minimum absolute atomic E-state index is 0.105. The zero-order chi connectivity index (χ0) is 14.2. The largest absolute Gasteiger partial charge is 0.381 e. The molecule has 1 fully saturated rings. The van der Waals surface area contributed by atoms with E-state index < -0.39 is 0 Å². The molecule has 2 rings (SSSR count). The molecule has 0 aromatic heterocycles. The van der Waals surface area contributed by atoms with E-state index in [-0.39, 0.29) is 6.10 Å². The summed E-state index contributed by atoms with van der Waals surface area (Å²) in [7, 11) is 0. The Morgan fingerprint density at radius 1 is 1.35 bits per heavy atom. The topological polar surface area (TPSA) is 30.5 Å². The van der Waals surface area contributed by atoms with Crippen molar-refractivity contribution in [1.82, 2.24) is 5.32 Å². The highest BCUT2D eigenvalue weighted by Gasteiger charge is 2.19. The summed E-state index contributed by atoms with van der Waals surface area (Å²) in [6.07, 6.45) is 2.33. The second-order valence-corrected chi connectivity index (χ2v) is 6.06. The fraction of sp³-hybridized carbons (Fsp3) is 0.625. The second kappa shape index (κ2) is 8.78. The van der Waals surface area contributed by atoms with Gasteiger partial charge in [-0.3, -0.25) is 0 Å². The van der Waals surface area contributed by atoms with Gasteiger partial charge in [0.15, 0.2) is 0 Å². The standard InChI is InChI=1S/C16H24BrNO2/c1-2-18-11-16(14-5-3-4-6-15(14)17)20-12-13-7-9-19-10-8-13/h3-6,13,16,18H,2,7-12H2,1H3. The zero-order valence-electron chi connectivity index (χ0n) is 12.1. The predicted octanol–water partition coefficient (Wildman–Crippen LogP) is 3.54. The highest BCUT2D eigenvalue weighted by molar-refractivity contribution is 9.10. The number of ether oxygens (including phenoxy) is 2. The lowest BCUT2D eigenvalue weighted by Gasteiger charge is -2.26. The quantitative estimate of drug-likeness (QED) is 0.822. The number of hydrogen-bond acceptors (Lipinski definition) is 3. The first-order valence-corrected chi connectivity index (χ1v) is 8.25. The van der Waals surface area contributed by atoms with Crippen molar-refractivity contribution >= 4 is 15.9 Å². The summed E-state index contributed by atoms with van der Waals surface area (Å²) in [5, 5.41) is 3.39. The average molecular weight is 342 g/mol. The normalized spacial score (nSPS) is 18.1. The van der Waals surface area contributed by atoms with Gasteiger partial charge < -0.3 is 14.8 Å². The first-order valence-electron chi connectivity index (χ1n) is 7.45. The summed E-state index contributed by atoms with van der Waals surface area (Å²) in [4.78, 5) is 0. The Labute approximate surface area is 130 Å². The molecule has 1 aromatic rings. The van der Waals surface area contributed by atoms with Gasteiger partial charge in [0.2, 0.25) is 0 Å². The Balaban J connectivity index is 1.94. The summed E-state index contributed by atoms with van der Waals surface area (Å²) in [6.45, 7) is 6.50. The molecule has 1 unspecified atom stereocenters. The van der Waals surface area contributed by atoms with E-state index >= 15 is 0 Å². The van der Waals surface area contributed by atoms with Gasteiger partial charge in [-0.2, -0.15) is 0 Å². The number of benzene rings is 1. The Bertz CT molecular complexity index is 394. The van der Waals surface area contributed by atoms with Gasteiger partial charge in [0.1, 0.15) is 0 Å². The van der Waals surface area contributed by atoms with Gasteiger partial charge in [-0.1, -0.05) is 41.1 Å². The fourth-order valence-electron chi connectivity index (χ4n) is 2.44. The molecule has 3 nitrogen and oxygen atoms in total. The van der Waals surface area contributed by atoms with E-state index in [1.165, 1.54) is 5.56 Å². The molecule has 1 aliphatic rings. The van der Waals surface area contributed by atoms with Crippen LogP contribution in [0.3, 0.4) is 0 Å². The number of rotatable bonds is 7. The van der Waals surface area contributed by atoms with Crippen LogP contribution in [0.25, 0.3) is 0 Å². The monoisotopic (exact) mass is 341 g/mol. The molecule has 1 N–H and O–H groups in total. The fourth-order valence-corrected chi connectivity index (χ4v) is 2.98. The Morgan fingerprint density at radius 2 is 2.10 bits per heavy atom. The molecule has 20 heavy (non-hydrogen) atoms. The lowest BCUT2D eigenvalue weighted by atomic mass is 10.0. The molecule has 1 atom stereocenters. The first-order chi connectivity index (χ1) is 9.81. The molecule has 1 aromatic carbocycles. The minimum atomic E-state index is 0.105. The first kappa shape index (κ1) is 16.0. The van der Waals surface area contributed by atoms with E-state index in [2.05, 4.69) is 46.4 Å². The van der Waals surface area contributed by atoms with Gasteiger partial charge in [-0.05, 0) is 36.9 Å². The summed E-state index contributed by atoms with van der Waals surface area (Å²) in [6, 6.07) is 8.31. The molecule has 0 spiro atoms. The van der Waals surface area contributed by atoms with Crippen LogP contribution in [0, 0.1) is 5.92 Å². The van der Waals surface area contributed by atoms with Crippen molar-refractivity contribution in [2.45, 2.75) is 25.9 Å².